The van der Waals surface area contributed by atoms with Crippen LogP contribution < -0.4 is 10.6 Å². The Morgan fingerprint density at radius 2 is 2.67 bits per heavy atom. The lowest BCUT2D eigenvalue weighted by Gasteiger charge is -2.06. The van der Waals surface area contributed by atoms with E-state index in [1.54, 1.807) is 7.05 Å². The van der Waals surface area contributed by atoms with Crippen molar-refractivity contribution in [3.63, 3.8) is 0 Å². The molecular formula is C2H6N4O2S. The zero-order valence-corrected chi connectivity index (χ0v) is 5.51. The summed E-state index contributed by atoms with van der Waals surface area (Å²) >= 11 is -1.55. The number of nitrogens with zero attached hydrogens (tertiary/aromatic N) is 2. The highest BCUT2D eigenvalue weighted by Crippen LogP contribution is 1.93. The highest BCUT2D eigenvalue weighted by Gasteiger charge is 2.15. The van der Waals surface area contributed by atoms with E-state index in [2.05, 4.69) is 14.2 Å². The van der Waals surface area contributed by atoms with Crippen molar-refractivity contribution < 1.29 is 8.49 Å². The molecule has 0 amide bonds. The Hall–Kier alpha value is -0.820. The van der Waals surface area contributed by atoms with Gasteiger partial charge in [0.25, 0.3) is 5.96 Å². The topological polar surface area (TPSA) is 79.9 Å². The van der Waals surface area contributed by atoms with E-state index in [1.807, 2.05) is 0 Å². The minimum atomic E-state index is -1.55. The van der Waals surface area contributed by atoms with Crippen LogP contribution in [-0.4, -0.2) is 22.2 Å². The molecule has 0 spiro atoms. The molecule has 0 bridgehead atoms. The highest BCUT2D eigenvalue weighted by molar-refractivity contribution is 7.79. The fraction of sp³-hybridized carbons (Fsp3) is 0.500. The van der Waals surface area contributed by atoms with Crippen LogP contribution in [-0.2, 0) is 15.6 Å². The molecular weight excluding hydrogens is 144 g/mol. The number of hydrogen-bond donors (Lipinski definition) is 2. The molecule has 0 aromatic carbocycles. The summed E-state index contributed by atoms with van der Waals surface area (Å²) in [7, 11) is 1.55. The molecule has 7 heteroatoms. The molecule has 0 aromatic heterocycles. The fourth-order valence-corrected chi connectivity index (χ4v) is 0.823. The van der Waals surface area contributed by atoms with E-state index in [1.165, 1.54) is 5.01 Å². The number of nitrogens with two attached hydrogens (primary N) is 1. The summed E-state index contributed by atoms with van der Waals surface area (Å²) in [5, 5.41) is 4.49. The molecule has 0 saturated carbocycles. The molecule has 1 rings (SSSR count). The molecule has 0 radical (unpaired) electrons. The predicted molar refractivity (Wildman–Crippen MR) is 31.7 cm³/mol. The van der Waals surface area contributed by atoms with E-state index < -0.39 is 11.3 Å². The van der Waals surface area contributed by atoms with Crippen LogP contribution >= 0.6 is 0 Å². The van der Waals surface area contributed by atoms with Gasteiger partial charge in [0, 0.05) is 7.05 Å². The van der Waals surface area contributed by atoms with Gasteiger partial charge in [-0.3, -0.25) is 9.29 Å². The Morgan fingerprint density at radius 1 is 2.00 bits per heavy atom. The van der Waals surface area contributed by atoms with Gasteiger partial charge in [0.05, 0.1) is 0 Å². The number of hydrazine groups is 1. The number of hydrogen-bond acceptors (Lipinski definition) is 5. The van der Waals surface area contributed by atoms with Crippen LogP contribution in [0.3, 0.4) is 0 Å². The van der Waals surface area contributed by atoms with Crippen LogP contribution in [0.2, 0.25) is 0 Å². The van der Waals surface area contributed by atoms with E-state index in [9.17, 15) is 4.21 Å². The predicted octanol–water partition coefficient (Wildman–Crippen LogP) is -1.74. The molecule has 0 aromatic rings. The minimum absolute atomic E-state index is 0.258. The third kappa shape index (κ3) is 1.30. The fourth-order valence-electron chi connectivity index (χ4n) is 0.317. The Morgan fingerprint density at radius 3 is 2.89 bits per heavy atom. The normalized spacial score (nSPS) is 24.2. The molecule has 9 heavy (non-hydrogen) atoms. The summed E-state index contributed by atoms with van der Waals surface area (Å²) in [4.78, 5) is 0. The van der Waals surface area contributed by atoms with E-state index in [0.29, 0.717) is 0 Å². The van der Waals surface area contributed by atoms with Gasteiger partial charge in [-0.2, -0.15) is 4.21 Å². The molecule has 52 valence electrons. The quantitative estimate of drug-likeness (QED) is 0.317. The van der Waals surface area contributed by atoms with Crippen molar-refractivity contribution in [3.8, 4) is 0 Å². The second kappa shape index (κ2) is 2.19. The third-order valence-corrected chi connectivity index (χ3v) is 1.26. The Kier molecular flexibility index (Phi) is 1.54. The Bertz CT molecular complexity index is 166. The van der Waals surface area contributed by atoms with Crippen molar-refractivity contribution in [2.45, 2.75) is 0 Å². The summed E-state index contributed by atoms with van der Waals surface area (Å²) in [6.07, 6.45) is 0. The van der Waals surface area contributed by atoms with Gasteiger partial charge in [0.15, 0.2) is 0 Å². The molecule has 1 aliphatic heterocycles. The average molecular weight is 150 g/mol. The van der Waals surface area contributed by atoms with Gasteiger partial charge < -0.3 is 0 Å². The first-order valence-electron chi connectivity index (χ1n) is 2.12. The lowest BCUT2D eigenvalue weighted by Crippen LogP contribution is -2.40. The Labute approximate surface area is 54.4 Å². The standard InChI is InChI=1S/C2H6N4O2S/c1-6(3)2-4-8-9(7)5-2/h3H2,1H3,(H,4,5). The maximum absolute atomic E-state index is 10.3. The number of oxime groups is 1. The first kappa shape index (κ1) is 6.30. The monoisotopic (exact) mass is 150 g/mol. The summed E-state index contributed by atoms with van der Waals surface area (Å²) in [5.41, 5.74) is 0. The van der Waals surface area contributed by atoms with E-state index >= 15 is 0 Å². The second-order valence-corrected chi connectivity index (χ2v) is 2.26. The first-order chi connectivity index (χ1) is 4.20. The SMILES string of the molecule is CN(N)C1=NOS(=O)N1. The van der Waals surface area contributed by atoms with Crippen LogP contribution in [0.4, 0.5) is 0 Å². The average Bonchev–Trinajstić information content (AvgIpc) is 2.14. The van der Waals surface area contributed by atoms with Crippen molar-refractivity contribution in [2.24, 2.45) is 11.0 Å². The van der Waals surface area contributed by atoms with Crippen LogP contribution in [0.1, 0.15) is 0 Å². The Balaban J connectivity index is 2.55. The molecule has 0 saturated heterocycles. The van der Waals surface area contributed by atoms with Gasteiger partial charge in [-0.25, -0.2) is 10.6 Å². The van der Waals surface area contributed by atoms with E-state index in [0.717, 1.165) is 0 Å². The molecule has 3 N–H and O–H groups in total. The van der Waals surface area contributed by atoms with Gasteiger partial charge in [0.2, 0.25) is 0 Å². The highest BCUT2D eigenvalue weighted by atomic mass is 32.2. The van der Waals surface area contributed by atoms with Crippen LogP contribution in [0.15, 0.2) is 5.16 Å². The molecule has 0 aliphatic carbocycles. The van der Waals surface area contributed by atoms with Crippen molar-refractivity contribution >= 4 is 17.2 Å². The maximum Gasteiger partial charge on any atom is 0.339 e. The number of rotatable bonds is 0. The third-order valence-electron chi connectivity index (χ3n) is 0.700. The smallest absolute Gasteiger partial charge is 0.280 e. The van der Waals surface area contributed by atoms with E-state index in [-0.39, 0.29) is 5.96 Å². The van der Waals surface area contributed by atoms with Crippen molar-refractivity contribution in [2.75, 3.05) is 7.05 Å². The molecule has 0 fully saturated rings. The van der Waals surface area contributed by atoms with Crippen molar-refractivity contribution in [1.29, 1.82) is 0 Å². The van der Waals surface area contributed by atoms with Crippen molar-refractivity contribution in [3.05, 3.63) is 0 Å². The van der Waals surface area contributed by atoms with Gasteiger partial charge >= 0.3 is 11.3 Å². The van der Waals surface area contributed by atoms with Crippen LogP contribution in [0.25, 0.3) is 0 Å². The summed E-state index contributed by atoms with van der Waals surface area (Å²) in [6, 6.07) is 0. The maximum atomic E-state index is 10.3. The second-order valence-electron chi connectivity index (χ2n) is 1.44. The molecule has 1 atom stereocenters. The summed E-state index contributed by atoms with van der Waals surface area (Å²) in [5.74, 6) is 5.44. The minimum Gasteiger partial charge on any atom is -0.280 e. The summed E-state index contributed by atoms with van der Waals surface area (Å²) < 4.78 is 16.9. The molecule has 1 aliphatic rings. The van der Waals surface area contributed by atoms with E-state index in [4.69, 9.17) is 5.84 Å². The molecule has 1 heterocycles. The van der Waals surface area contributed by atoms with Crippen molar-refractivity contribution in [1.82, 2.24) is 9.73 Å². The summed E-state index contributed by atoms with van der Waals surface area (Å²) in [6.45, 7) is 0. The van der Waals surface area contributed by atoms with Gasteiger partial charge in [-0.1, -0.05) is 0 Å². The lowest BCUT2D eigenvalue weighted by molar-refractivity contribution is 0.375. The zero-order chi connectivity index (χ0) is 6.85. The molecule has 1 unspecified atom stereocenters. The van der Waals surface area contributed by atoms with Gasteiger partial charge in [-0.15, -0.1) is 0 Å². The van der Waals surface area contributed by atoms with Crippen LogP contribution in [0.5, 0.6) is 0 Å². The zero-order valence-electron chi connectivity index (χ0n) is 4.70. The lowest BCUT2D eigenvalue weighted by atomic mass is 10.9. The van der Waals surface area contributed by atoms with Crippen LogP contribution in [0, 0.1) is 0 Å². The van der Waals surface area contributed by atoms with Gasteiger partial charge in [-0.05, 0) is 5.16 Å². The molecule has 6 nitrogen and oxygen atoms in total. The largest absolute Gasteiger partial charge is 0.339 e. The first-order valence-corrected chi connectivity index (χ1v) is 3.20. The number of guanidine groups is 1. The number of nitrogens with one attached hydrogen (secondary N) is 1. The van der Waals surface area contributed by atoms with Gasteiger partial charge in [0.1, 0.15) is 0 Å².